The highest BCUT2D eigenvalue weighted by molar-refractivity contribution is 5.71. The molecule has 0 spiro atoms. The van der Waals surface area contributed by atoms with Crippen LogP contribution in [0.15, 0.2) is 85.1 Å². The van der Waals surface area contributed by atoms with Crippen molar-refractivity contribution >= 4 is 17.9 Å². The summed E-state index contributed by atoms with van der Waals surface area (Å²) >= 11 is 0. The van der Waals surface area contributed by atoms with Crippen LogP contribution < -0.4 is 0 Å². The van der Waals surface area contributed by atoms with E-state index in [-0.39, 0.29) is 37.5 Å². The van der Waals surface area contributed by atoms with Gasteiger partial charge in [-0.25, -0.2) is 0 Å². The quantitative estimate of drug-likeness (QED) is 0.0261. The molecule has 0 bridgehead atoms. The van der Waals surface area contributed by atoms with E-state index in [9.17, 15) is 14.4 Å². The van der Waals surface area contributed by atoms with E-state index in [1.54, 1.807) is 0 Å². The third-order valence-corrected chi connectivity index (χ3v) is 12.9. The zero-order chi connectivity index (χ0) is 51.4. The van der Waals surface area contributed by atoms with Gasteiger partial charge >= 0.3 is 17.9 Å². The third kappa shape index (κ3) is 57.4. The Hall–Kier alpha value is -3.41. The Morgan fingerprint density at radius 1 is 0.296 bits per heavy atom. The average molecular weight is 990 g/mol. The van der Waals surface area contributed by atoms with E-state index in [1.807, 2.05) is 6.08 Å². The Balaban J connectivity index is 4.48. The molecule has 0 saturated carbocycles. The number of hydrogen-bond donors (Lipinski definition) is 0. The zero-order valence-corrected chi connectivity index (χ0v) is 46.7. The van der Waals surface area contributed by atoms with Gasteiger partial charge in [0.15, 0.2) is 6.10 Å². The largest absolute Gasteiger partial charge is 0.462 e. The lowest BCUT2D eigenvalue weighted by Crippen LogP contribution is -2.30. The number of carbonyl (C=O) groups excluding carboxylic acids is 3. The van der Waals surface area contributed by atoms with E-state index in [2.05, 4.69) is 99.8 Å². The van der Waals surface area contributed by atoms with Crippen molar-refractivity contribution in [1.29, 1.82) is 0 Å². The number of esters is 3. The summed E-state index contributed by atoms with van der Waals surface area (Å²) in [7, 11) is 0. The van der Waals surface area contributed by atoms with Gasteiger partial charge in [0, 0.05) is 19.3 Å². The molecule has 0 amide bonds. The molecule has 6 heteroatoms. The number of allylic oxidation sites excluding steroid dienone is 14. The van der Waals surface area contributed by atoms with Crippen molar-refractivity contribution in [3.63, 3.8) is 0 Å². The second-order valence-electron chi connectivity index (χ2n) is 19.9. The number of carbonyl (C=O) groups is 3. The molecule has 0 aliphatic rings. The van der Waals surface area contributed by atoms with Gasteiger partial charge in [-0.2, -0.15) is 0 Å². The van der Waals surface area contributed by atoms with Crippen LogP contribution in [0.25, 0.3) is 0 Å². The van der Waals surface area contributed by atoms with Crippen LogP contribution in [-0.4, -0.2) is 37.2 Å². The molecule has 0 rings (SSSR count). The van der Waals surface area contributed by atoms with Crippen LogP contribution in [0.5, 0.6) is 0 Å². The van der Waals surface area contributed by atoms with E-state index in [4.69, 9.17) is 14.2 Å². The van der Waals surface area contributed by atoms with Crippen molar-refractivity contribution in [2.24, 2.45) is 0 Å². The zero-order valence-electron chi connectivity index (χ0n) is 46.7. The Kier molecular flexibility index (Phi) is 56.3. The molecule has 0 aromatic heterocycles. The predicted molar refractivity (Wildman–Crippen MR) is 307 cm³/mol. The SMILES string of the molecule is CC/C=C\C/C=C\C/C=C\C/C=C\C/C=C\C/C=C\CCC(=O)OCC(COC(=O)CCCCCCCCCCCCCCCCC)OC(=O)CCCCCCCCC/C=C\CCCCCCCCCC. The lowest BCUT2D eigenvalue weighted by Gasteiger charge is -2.18. The van der Waals surface area contributed by atoms with E-state index >= 15 is 0 Å². The molecule has 0 saturated heterocycles. The predicted octanol–water partition coefficient (Wildman–Crippen LogP) is 20.3. The van der Waals surface area contributed by atoms with Crippen LogP contribution in [0.1, 0.15) is 290 Å². The molecule has 408 valence electrons. The molecule has 71 heavy (non-hydrogen) atoms. The van der Waals surface area contributed by atoms with Crippen LogP contribution in [0.4, 0.5) is 0 Å². The monoisotopic (exact) mass is 989 g/mol. The topological polar surface area (TPSA) is 78.9 Å². The fourth-order valence-corrected chi connectivity index (χ4v) is 8.41. The molecule has 0 aliphatic heterocycles. The highest BCUT2D eigenvalue weighted by atomic mass is 16.6. The Labute approximate surface area is 439 Å². The fourth-order valence-electron chi connectivity index (χ4n) is 8.41. The van der Waals surface area contributed by atoms with Gasteiger partial charge in [0.2, 0.25) is 0 Å². The standard InChI is InChI=1S/C65H112O6/c1-4-7-10-13-16-19-22-25-28-30-32-34-37-40-43-46-49-52-55-58-64(67)70-61-62(60-69-63(66)57-54-51-48-45-42-39-36-27-24-21-18-15-12-9-6-3)71-65(68)59-56-53-50-47-44-41-38-35-33-31-29-26-23-20-17-14-11-8-5-2/h7,10,16,19,25,28,31-34,40,43,49,52,62H,4-6,8-9,11-15,17-18,20-24,26-27,29-30,35-39,41-42,44-48,50-51,53-61H2,1-3H3/b10-7-,19-16-,28-25-,33-31-,34-32-,43-40-,52-49-. The first-order valence-electron chi connectivity index (χ1n) is 30.1. The molecule has 0 radical (unpaired) electrons. The van der Waals surface area contributed by atoms with Crippen molar-refractivity contribution in [2.45, 2.75) is 297 Å². The molecule has 0 N–H and O–H groups in total. The van der Waals surface area contributed by atoms with Gasteiger partial charge < -0.3 is 14.2 Å². The normalized spacial score (nSPS) is 12.7. The Morgan fingerprint density at radius 3 is 0.944 bits per heavy atom. The summed E-state index contributed by atoms with van der Waals surface area (Å²) in [6.45, 7) is 6.49. The first kappa shape index (κ1) is 67.6. The van der Waals surface area contributed by atoms with Gasteiger partial charge in [0.1, 0.15) is 13.2 Å². The minimum absolute atomic E-state index is 0.0991. The smallest absolute Gasteiger partial charge is 0.306 e. The second kappa shape index (κ2) is 59.2. The summed E-state index contributed by atoms with van der Waals surface area (Å²) in [6.07, 6.45) is 77.3. The van der Waals surface area contributed by atoms with Crippen molar-refractivity contribution in [2.75, 3.05) is 13.2 Å². The molecule has 0 aliphatic carbocycles. The first-order chi connectivity index (χ1) is 35.0. The van der Waals surface area contributed by atoms with E-state index in [1.165, 1.54) is 167 Å². The third-order valence-electron chi connectivity index (χ3n) is 12.9. The van der Waals surface area contributed by atoms with Gasteiger partial charge in [0.25, 0.3) is 0 Å². The minimum Gasteiger partial charge on any atom is -0.462 e. The summed E-state index contributed by atoms with van der Waals surface area (Å²) in [4.78, 5) is 38.2. The average Bonchev–Trinajstić information content (AvgIpc) is 3.37. The van der Waals surface area contributed by atoms with E-state index in [0.717, 1.165) is 77.0 Å². The minimum atomic E-state index is -0.809. The van der Waals surface area contributed by atoms with E-state index in [0.29, 0.717) is 19.3 Å². The molecular formula is C65H112O6. The van der Waals surface area contributed by atoms with Crippen LogP contribution in [0.2, 0.25) is 0 Å². The van der Waals surface area contributed by atoms with Crippen LogP contribution >= 0.6 is 0 Å². The van der Waals surface area contributed by atoms with Crippen LogP contribution in [0, 0.1) is 0 Å². The number of hydrogen-bond acceptors (Lipinski definition) is 6. The first-order valence-corrected chi connectivity index (χ1v) is 30.1. The summed E-state index contributed by atoms with van der Waals surface area (Å²) in [6, 6.07) is 0. The van der Waals surface area contributed by atoms with Crippen molar-refractivity contribution in [3.8, 4) is 0 Å². The number of rotatable bonds is 54. The van der Waals surface area contributed by atoms with Crippen LogP contribution in [-0.2, 0) is 28.6 Å². The van der Waals surface area contributed by atoms with Gasteiger partial charge in [-0.05, 0) is 83.5 Å². The molecule has 6 nitrogen and oxygen atoms in total. The molecule has 0 aromatic rings. The molecule has 0 heterocycles. The number of ether oxygens (including phenoxy) is 3. The molecule has 1 unspecified atom stereocenters. The molecule has 0 fully saturated rings. The molecular weight excluding hydrogens is 877 g/mol. The maximum absolute atomic E-state index is 12.9. The lowest BCUT2D eigenvalue weighted by molar-refractivity contribution is -0.166. The maximum Gasteiger partial charge on any atom is 0.306 e. The maximum atomic E-state index is 12.9. The molecule has 0 aromatic carbocycles. The summed E-state index contributed by atoms with van der Waals surface area (Å²) in [5.41, 5.74) is 0. The van der Waals surface area contributed by atoms with Crippen molar-refractivity contribution < 1.29 is 28.6 Å². The summed E-state index contributed by atoms with van der Waals surface area (Å²) in [5, 5.41) is 0. The number of unbranched alkanes of at least 4 members (excludes halogenated alkanes) is 29. The van der Waals surface area contributed by atoms with Gasteiger partial charge in [-0.1, -0.05) is 273 Å². The van der Waals surface area contributed by atoms with E-state index < -0.39 is 6.10 Å². The van der Waals surface area contributed by atoms with Gasteiger partial charge in [-0.3, -0.25) is 14.4 Å². The Morgan fingerprint density at radius 2 is 0.577 bits per heavy atom. The summed E-state index contributed by atoms with van der Waals surface area (Å²) < 4.78 is 16.8. The highest BCUT2D eigenvalue weighted by Gasteiger charge is 2.19. The Bertz CT molecular complexity index is 1370. The lowest BCUT2D eigenvalue weighted by atomic mass is 10.0. The van der Waals surface area contributed by atoms with Crippen molar-refractivity contribution in [1.82, 2.24) is 0 Å². The highest BCUT2D eigenvalue weighted by Crippen LogP contribution is 2.16. The van der Waals surface area contributed by atoms with Crippen molar-refractivity contribution in [3.05, 3.63) is 85.1 Å². The van der Waals surface area contributed by atoms with Crippen LogP contribution in [0.3, 0.4) is 0 Å². The summed E-state index contributed by atoms with van der Waals surface area (Å²) in [5.74, 6) is -0.981. The van der Waals surface area contributed by atoms with Gasteiger partial charge in [-0.15, -0.1) is 0 Å². The fraction of sp³-hybridized carbons (Fsp3) is 0.738. The molecule has 1 atom stereocenters. The van der Waals surface area contributed by atoms with Gasteiger partial charge in [0.05, 0.1) is 0 Å². The second-order valence-corrected chi connectivity index (χ2v) is 19.9.